The monoisotopic (exact) mass is 277 g/mol. The number of rotatable bonds is 5. The van der Waals surface area contributed by atoms with Crippen LogP contribution in [0.2, 0.25) is 0 Å². The molecular formula is C15H23N3O2. The fourth-order valence-electron chi connectivity index (χ4n) is 2.87. The minimum atomic E-state index is 0.133. The number of likely N-dealkylation sites (tertiary alicyclic amines) is 1. The predicted molar refractivity (Wildman–Crippen MR) is 75.4 cm³/mol. The highest BCUT2D eigenvalue weighted by Gasteiger charge is 2.26. The van der Waals surface area contributed by atoms with Crippen molar-refractivity contribution in [3.05, 3.63) is 18.2 Å². The second-order valence-corrected chi connectivity index (χ2v) is 5.98. The number of piperidine rings is 1. The number of nitrogens with zero attached hydrogens (tertiary/aromatic N) is 3. The molecule has 1 aliphatic heterocycles. The van der Waals surface area contributed by atoms with Crippen molar-refractivity contribution in [2.75, 3.05) is 26.3 Å². The highest BCUT2D eigenvalue weighted by atomic mass is 16.5. The van der Waals surface area contributed by atoms with Crippen molar-refractivity contribution in [1.29, 1.82) is 0 Å². The van der Waals surface area contributed by atoms with Gasteiger partial charge in [-0.25, -0.2) is 4.98 Å². The molecule has 0 N–H and O–H groups in total. The summed E-state index contributed by atoms with van der Waals surface area (Å²) in [5.74, 6) is 1.87. The first-order chi connectivity index (χ1) is 9.74. The minimum absolute atomic E-state index is 0.133. The van der Waals surface area contributed by atoms with E-state index in [1.54, 1.807) is 0 Å². The zero-order chi connectivity index (χ0) is 13.9. The van der Waals surface area contributed by atoms with E-state index in [2.05, 4.69) is 9.55 Å². The van der Waals surface area contributed by atoms with E-state index in [1.165, 1.54) is 12.8 Å². The zero-order valence-electron chi connectivity index (χ0n) is 12.1. The van der Waals surface area contributed by atoms with Crippen molar-refractivity contribution in [3.8, 4) is 0 Å². The molecule has 1 aromatic heterocycles. The summed E-state index contributed by atoms with van der Waals surface area (Å²) in [4.78, 5) is 18.4. The van der Waals surface area contributed by atoms with Crippen LogP contribution < -0.4 is 0 Å². The molecule has 0 unspecified atom stereocenters. The predicted octanol–water partition coefficient (Wildman–Crippen LogP) is 1.78. The molecule has 1 aromatic rings. The van der Waals surface area contributed by atoms with Crippen LogP contribution in [0.25, 0.3) is 0 Å². The first kappa shape index (κ1) is 13.6. The molecule has 0 spiro atoms. The van der Waals surface area contributed by atoms with E-state index in [1.807, 2.05) is 24.2 Å². The Morgan fingerprint density at radius 2 is 2.30 bits per heavy atom. The third-order valence-electron chi connectivity index (χ3n) is 4.28. The molecule has 1 amide bonds. The molecule has 0 bridgehead atoms. The molecule has 0 radical (unpaired) electrons. The smallest absolute Gasteiger partial charge is 0.248 e. The molecule has 1 atom stereocenters. The molecule has 2 fully saturated rings. The fourth-order valence-corrected chi connectivity index (χ4v) is 2.87. The third kappa shape index (κ3) is 3.20. The second kappa shape index (κ2) is 5.95. The zero-order valence-corrected chi connectivity index (χ0v) is 12.1. The molecule has 1 saturated carbocycles. The molecule has 1 saturated heterocycles. The summed E-state index contributed by atoms with van der Waals surface area (Å²) in [5, 5.41) is 0. The summed E-state index contributed by atoms with van der Waals surface area (Å²) < 4.78 is 7.70. The highest BCUT2D eigenvalue weighted by molar-refractivity contribution is 5.77. The van der Waals surface area contributed by atoms with Gasteiger partial charge in [-0.2, -0.15) is 0 Å². The van der Waals surface area contributed by atoms with E-state index < -0.39 is 0 Å². The minimum Gasteiger partial charge on any atom is -0.371 e. The third-order valence-corrected chi connectivity index (χ3v) is 4.28. The summed E-state index contributed by atoms with van der Waals surface area (Å²) in [6, 6.07) is 0.360. The van der Waals surface area contributed by atoms with E-state index in [4.69, 9.17) is 4.74 Å². The average molecular weight is 277 g/mol. The lowest BCUT2D eigenvalue weighted by molar-refractivity contribution is -0.138. The molecule has 5 nitrogen and oxygen atoms in total. The van der Waals surface area contributed by atoms with E-state index in [0.717, 1.165) is 38.4 Å². The quantitative estimate of drug-likeness (QED) is 0.824. The van der Waals surface area contributed by atoms with E-state index in [9.17, 15) is 4.79 Å². The lowest BCUT2D eigenvalue weighted by Gasteiger charge is -2.33. The van der Waals surface area contributed by atoms with Gasteiger partial charge in [-0.1, -0.05) is 0 Å². The van der Waals surface area contributed by atoms with Crippen molar-refractivity contribution in [1.82, 2.24) is 14.5 Å². The first-order valence-corrected chi connectivity index (χ1v) is 7.59. The lowest BCUT2D eigenvalue weighted by atomic mass is 10.1. The summed E-state index contributed by atoms with van der Waals surface area (Å²) in [5.41, 5.74) is 0. The van der Waals surface area contributed by atoms with Crippen molar-refractivity contribution in [2.24, 2.45) is 5.92 Å². The van der Waals surface area contributed by atoms with Crippen LogP contribution in [0.5, 0.6) is 0 Å². The van der Waals surface area contributed by atoms with Crippen LogP contribution in [0.15, 0.2) is 12.4 Å². The van der Waals surface area contributed by atoms with Gasteiger partial charge >= 0.3 is 0 Å². The van der Waals surface area contributed by atoms with Gasteiger partial charge in [-0.05, 0) is 38.5 Å². The molecule has 1 aliphatic carbocycles. The molecule has 2 heterocycles. The van der Waals surface area contributed by atoms with E-state index in [0.29, 0.717) is 12.0 Å². The number of aromatic nitrogens is 2. The second-order valence-electron chi connectivity index (χ2n) is 5.98. The topological polar surface area (TPSA) is 47.4 Å². The number of aryl methyl sites for hydroxylation is 1. The maximum Gasteiger partial charge on any atom is 0.248 e. The molecular weight excluding hydrogens is 254 g/mol. The van der Waals surface area contributed by atoms with Crippen molar-refractivity contribution >= 4 is 5.91 Å². The summed E-state index contributed by atoms with van der Waals surface area (Å²) in [7, 11) is 0. The van der Waals surface area contributed by atoms with Gasteiger partial charge in [-0.15, -0.1) is 0 Å². The maximum absolute atomic E-state index is 12.2. The Kier molecular flexibility index (Phi) is 4.05. The number of amides is 1. The number of ether oxygens (including phenoxy) is 1. The number of carbonyl (C=O) groups is 1. The van der Waals surface area contributed by atoms with Gasteiger partial charge in [0.2, 0.25) is 5.91 Å². The Morgan fingerprint density at radius 3 is 3.00 bits per heavy atom. The highest BCUT2D eigenvalue weighted by Crippen LogP contribution is 2.28. The molecule has 3 rings (SSSR count). The molecule has 2 aliphatic rings. The largest absolute Gasteiger partial charge is 0.371 e. The van der Waals surface area contributed by atoms with Gasteiger partial charge in [0.25, 0.3) is 0 Å². The first-order valence-electron chi connectivity index (χ1n) is 7.59. The van der Waals surface area contributed by atoms with Crippen LogP contribution in [0.3, 0.4) is 0 Å². The standard InChI is InChI=1S/C15H23N3O2/c1-12-16-6-8-18(12)14-3-2-7-17(9-14)15(19)11-20-10-13-4-5-13/h6,8,13-14H,2-5,7,9-11H2,1H3/t14-/m1/s1. The van der Waals surface area contributed by atoms with Crippen LogP contribution in [-0.4, -0.2) is 46.7 Å². The Balaban J connectivity index is 1.51. The van der Waals surface area contributed by atoms with Crippen LogP contribution >= 0.6 is 0 Å². The fraction of sp³-hybridized carbons (Fsp3) is 0.733. The van der Waals surface area contributed by atoms with Gasteiger partial charge in [0.05, 0.1) is 12.6 Å². The number of hydrogen-bond acceptors (Lipinski definition) is 3. The van der Waals surface area contributed by atoms with Crippen LogP contribution in [0.4, 0.5) is 0 Å². The molecule has 5 heteroatoms. The maximum atomic E-state index is 12.2. The number of carbonyl (C=O) groups excluding carboxylic acids is 1. The molecule has 20 heavy (non-hydrogen) atoms. The summed E-state index contributed by atoms with van der Waals surface area (Å²) >= 11 is 0. The molecule has 0 aromatic carbocycles. The Labute approximate surface area is 119 Å². The summed E-state index contributed by atoms with van der Waals surface area (Å²) in [6.07, 6.45) is 8.53. The molecule has 110 valence electrons. The van der Waals surface area contributed by atoms with Gasteiger partial charge in [0.1, 0.15) is 12.4 Å². The number of imidazole rings is 1. The summed E-state index contributed by atoms with van der Waals surface area (Å²) in [6.45, 7) is 4.65. The van der Waals surface area contributed by atoms with Gasteiger partial charge in [-0.3, -0.25) is 4.79 Å². The SMILES string of the molecule is Cc1nccn1[C@@H]1CCCN(C(=O)COCC2CC2)C1. The van der Waals surface area contributed by atoms with Gasteiger partial charge in [0.15, 0.2) is 0 Å². The van der Waals surface area contributed by atoms with E-state index in [-0.39, 0.29) is 12.5 Å². The normalized spacial score (nSPS) is 23.1. The van der Waals surface area contributed by atoms with Gasteiger partial charge < -0.3 is 14.2 Å². The Hall–Kier alpha value is -1.36. The Morgan fingerprint density at radius 1 is 1.45 bits per heavy atom. The van der Waals surface area contributed by atoms with Crippen molar-refractivity contribution < 1.29 is 9.53 Å². The van der Waals surface area contributed by atoms with E-state index >= 15 is 0 Å². The lowest BCUT2D eigenvalue weighted by Crippen LogP contribution is -2.42. The van der Waals surface area contributed by atoms with Crippen molar-refractivity contribution in [2.45, 2.75) is 38.6 Å². The van der Waals surface area contributed by atoms with Crippen LogP contribution in [0.1, 0.15) is 37.5 Å². The van der Waals surface area contributed by atoms with Crippen molar-refractivity contribution in [3.63, 3.8) is 0 Å². The van der Waals surface area contributed by atoms with Crippen LogP contribution in [-0.2, 0) is 9.53 Å². The Bertz CT molecular complexity index is 467. The average Bonchev–Trinajstić information content (AvgIpc) is 3.18. The van der Waals surface area contributed by atoms with Gasteiger partial charge in [0, 0.05) is 25.5 Å². The number of hydrogen-bond donors (Lipinski definition) is 0. The van der Waals surface area contributed by atoms with Crippen LogP contribution in [0, 0.1) is 12.8 Å².